The minimum atomic E-state index is -0.0705. The number of phenolic OH excluding ortho intramolecular Hbond substituents is 1. The van der Waals surface area contributed by atoms with Gasteiger partial charge in [0.15, 0.2) is 5.82 Å². The molecule has 2 atom stereocenters. The highest BCUT2D eigenvalue weighted by atomic mass is 16.5. The van der Waals surface area contributed by atoms with Gasteiger partial charge in [-0.05, 0) is 30.2 Å². The summed E-state index contributed by atoms with van der Waals surface area (Å²) in [5, 5.41) is 26.1. The zero-order valence-corrected chi connectivity index (χ0v) is 20.7. The maximum Gasteiger partial charge on any atom is 0.213 e. The number of aromatic nitrogens is 3. The van der Waals surface area contributed by atoms with Gasteiger partial charge in [0.2, 0.25) is 5.88 Å². The highest BCUT2D eigenvalue weighted by molar-refractivity contribution is 5.77. The predicted octanol–water partition coefficient (Wildman–Crippen LogP) is 2.88. The summed E-state index contributed by atoms with van der Waals surface area (Å²) in [5.74, 6) is 1.65. The number of hydrogen-bond donors (Lipinski definition) is 3. The average molecular weight is 488 g/mol. The van der Waals surface area contributed by atoms with Crippen molar-refractivity contribution in [3.8, 4) is 22.9 Å². The van der Waals surface area contributed by atoms with Crippen LogP contribution in [-0.2, 0) is 6.54 Å². The number of hydrogen-bond acceptors (Lipinski definition) is 9. The largest absolute Gasteiger partial charge is 0.507 e. The number of anilines is 2. The van der Waals surface area contributed by atoms with E-state index in [1.165, 1.54) is 5.56 Å². The minimum absolute atomic E-state index is 0.0194. The smallest absolute Gasteiger partial charge is 0.213 e. The number of aromatic hydroxyl groups is 1. The molecule has 5 heterocycles. The standard InChI is InChI=1S/C27H33N7O2/c1-2-27-14-20(36-25-8-7-19(15-29-25)16-33-11-9-28-10-12-33)17-34(27)23-13-22(31-32-26(23)30-18-27)21-5-3-4-6-24(21)35/h3-8,13,15,20,28,35H,2,9-12,14,16-18H2,1H3,(H,30,32)/t20-,27+/m1/s1. The molecule has 2 fully saturated rings. The Hall–Kier alpha value is -3.43. The van der Waals surface area contributed by atoms with E-state index in [1.54, 1.807) is 6.07 Å². The van der Waals surface area contributed by atoms with Gasteiger partial charge in [0, 0.05) is 63.5 Å². The second-order valence-corrected chi connectivity index (χ2v) is 10.00. The molecule has 2 saturated heterocycles. The van der Waals surface area contributed by atoms with Gasteiger partial charge in [0.25, 0.3) is 0 Å². The molecule has 3 aromatic rings. The van der Waals surface area contributed by atoms with Crippen molar-refractivity contribution in [2.75, 3.05) is 49.5 Å². The molecule has 9 heteroatoms. The molecule has 3 aliphatic heterocycles. The number of nitrogens with zero attached hydrogens (tertiary/aromatic N) is 5. The molecule has 9 nitrogen and oxygen atoms in total. The normalized spacial score (nSPS) is 23.6. The molecule has 6 rings (SSSR count). The molecular weight excluding hydrogens is 454 g/mol. The van der Waals surface area contributed by atoms with Crippen LogP contribution >= 0.6 is 0 Å². The quantitative estimate of drug-likeness (QED) is 0.485. The molecule has 0 bridgehead atoms. The van der Waals surface area contributed by atoms with E-state index in [0.717, 1.165) is 70.2 Å². The Morgan fingerprint density at radius 3 is 2.78 bits per heavy atom. The van der Waals surface area contributed by atoms with E-state index in [4.69, 9.17) is 4.74 Å². The molecule has 0 aliphatic carbocycles. The summed E-state index contributed by atoms with van der Waals surface area (Å²) in [6.07, 6.45) is 3.84. The third kappa shape index (κ3) is 4.33. The number of rotatable bonds is 6. The van der Waals surface area contributed by atoms with E-state index in [1.807, 2.05) is 36.5 Å². The van der Waals surface area contributed by atoms with Gasteiger partial charge in [-0.25, -0.2) is 4.98 Å². The zero-order chi connectivity index (χ0) is 24.5. The summed E-state index contributed by atoms with van der Waals surface area (Å²) < 4.78 is 6.41. The maximum atomic E-state index is 10.3. The number of nitrogens with one attached hydrogen (secondary N) is 2. The van der Waals surface area contributed by atoms with E-state index in [-0.39, 0.29) is 17.4 Å². The number of piperazine rings is 1. The van der Waals surface area contributed by atoms with Gasteiger partial charge in [-0.3, -0.25) is 4.90 Å². The van der Waals surface area contributed by atoms with Crippen molar-refractivity contribution >= 4 is 11.5 Å². The van der Waals surface area contributed by atoms with Crippen LogP contribution in [-0.4, -0.2) is 76.1 Å². The van der Waals surface area contributed by atoms with Crippen molar-refractivity contribution in [2.24, 2.45) is 0 Å². The molecule has 0 spiro atoms. The summed E-state index contributed by atoms with van der Waals surface area (Å²) in [6.45, 7) is 8.92. The number of ether oxygens (including phenoxy) is 1. The number of fused-ring (bicyclic) bond motifs is 3. The van der Waals surface area contributed by atoms with Crippen LogP contribution in [0.5, 0.6) is 11.6 Å². The van der Waals surface area contributed by atoms with Gasteiger partial charge in [0.1, 0.15) is 11.9 Å². The Morgan fingerprint density at radius 1 is 1.14 bits per heavy atom. The fourth-order valence-corrected chi connectivity index (χ4v) is 5.71. The summed E-state index contributed by atoms with van der Waals surface area (Å²) in [5.41, 5.74) is 3.48. The Kier molecular flexibility index (Phi) is 6.10. The number of benzene rings is 1. The Bertz CT molecular complexity index is 1210. The number of phenols is 1. The first-order chi connectivity index (χ1) is 17.6. The van der Waals surface area contributed by atoms with Crippen molar-refractivity contribution in [3.63, 3.8) is 0 Å². The lowest BCUT2D eigenvalue weighted by Crippen LogP contribution is -2.52. The maximum absolute atomic E-state index is 10.3. The van der Waals surface area contributed by atoms with E-state index in [0.29, 0.717) is 17.1 Å². The van der Waals surface area contributed by atoms with Crippen molar-refractivity contribution in [1.82, 2.24) is 25.4 Å². The first-order valence-electron chi connectivity index (χ1n) is 12.9. The van der Waals surface area contributed by atoms with Crippen LogP contribution in [0.2, 0.25) is 0 Å². The highest BCUT2D eigenvalue weighted by Crippen LogP contribution is 2.45. The molecule has 188 valence electrons. The minimum Gasteiger partial charge on any atom is -0.507 e. The van der Waals surface area contributed by atoms with Crippen LogP contribution in [0, 0.1) is 0 Å². The molecule has 0 saturated carbocycles. The summed E-state index contributed by atoms with van der Waals surface area (Å²) >= 11 is 0. The lowest BCUT2D eigenvalue weighted by Gasteiger charge is -2.43. The van der Waals surface area contributed by atoms with E-state index in [2.05, 4.69) is 48.6 Å². The van der Waals surface area contributed by atoms with Crippen molar-refractivity contribution in [1.29, 1.82) is 0 Å². The zero-order valence-electron chi connectivity index (χ0n) is 20.7. The summed E-state index contributed by atoms with van der Waals surface area (Å²) in [4.78, 5) is 9.50. The lowest BCUT2D eigenvalue weighted by atomic mass is 9.90. The van der Waals surface area contributed by atoms with Crippen LogP contribution < -0.4 is 20.3 Å². The molecule has 0 amide bonds. The van der Waals surface area contributed by atoms with Crippen molar-refractivity contribution in [2.45, 2.75) is 38.0 Å². The fourth-order valence-electron chi connectivity index (χ4n) is 5.71. The molecule has 1 aromatic carbocycles. The first-order valence-corrected chi connectivity index (χ1v) is 12.9. The Labute approximate surface area is 211 Å². The third-order valence-corrected chi connectivity index (χ3v) is 7.75. The summed E-state index contributed by atoms with van der Waals surface area (Å²) in [7, 11) is 0. The van der Waals surface area contributed by atoms with Gasteiger partial charge in [-0.1, -0.05) is 25.1 Å². The second kappa shape index (κ2) is 9.55. The Balaban J connectivity index is 1.19. The topological polar surface area (TPSA) is 98.7 Å². The van der Waals surface area contributed by atoms with Gasteiger partial charge in [0.05, 0.1) is 23.5 Å². The Morgan fingerprint density at radius 2 is 2.00 bits per heavy atom. The van der Waals surface area contributed by atoms with Crippen LogP contribution in [0.25, 0.3) is 11.3 Å². The highest BCUT2D eigenvalue weighted by Gasteiger charge is 2.49. The van der Waals surface area contributed by atoms with Crippen LogP contribution in [0.3, 0.4) is 0 Å². The van der Waals surface area contributed by atoms with Gasteiger partial charge in [-0.15, -0.1) is 10.2 Å². The molecule has 3 aliphatic rings. The molecule has 2 aromatic heterocycles. The number of pyridine rings is 1. The monoisotopic (exact) mass is 487 g/mol. The number of para-hydroxylation sites is 1. The van der Waals surface area contributed by atoms with E-state index in [9.17, 15) is 5.11 Å². The molecule has 0 unspecified atom stereocenters. The predicted molar refractivity (Wildman–Crippen MR) is 139 cm³/mol. The average Bonchev–Trinajstić information content (AvgIpc) is 3.30. The van der Waals surface area contributed by atoms with Crippen LogP contribution in [0.1, 0.15) is 25.3 Å². The molecule has 0 radical (unpaired) electrons. The second-order valence-electron chi connectivity index (χ2n) is 10.00. The first kappa shape index (κ1) is 23.0. The van der Waals surface area contributed by atoms with Gasteiger partial charge < -0.3 is 25.4 Å². The molecule has 3 N–H and O–H groups in total. The fraction of sp³-hybridized carbons (Fsp3) is 0.444. The van der Waals surface area contributed by atoms with Crippen LogP contribution in [0.15, 0.2) is 48.7 Å². The summed E-state index contributed by atoms with van der Waals surface area (Å²) in [6, 6.07) is 13.4. The van der Waals surface area contributed by atoms with Crippen molar-refractivity contribution < 1.29 is 9.84 Å². The van der Waals surface area contributed by atoms with Crippen molar-refractivity contribution in [3.05, 3.63) is 54.2 Å². The SMILES string of the molecule is CC[C@]12CNc3nnc(-c4ccccc4O)cc3N1C[C@H](Oc1ccc(CN3CCNCC3)cn1)C2. The molecular formula is C27H33N7O2. The third-order valence-electron chi connectivity index (χ3n) is 7.75. The van der Waals surface area contributed by atoms with Gasteiger partial charge in [-0.2, -0.15) is 0 Å². The van der Waals surface area contributed by atoms with E-state index < -0.39 is 0 Å². The van der Waals surface area contributed by atoms with Crippen LogP contribution in [0.4, 0.5) is 11.5 Å². The van der Waals surface area contributed by atoms with Gasteiger partial charge >= 0.3 is 0 Å². The van der Waals surface area contributed by atoms with E-state index >= 15 is 0 Å². The molecule has 36 heavy (non-hydrogen) atoms. The lowest BCUT2D eigenvalue weighted by molar-refractivity contribution is 0.201.